The minimum absolute atomic E-state index is 0.690. The molecule has 0 saturated carbocycles. The molecular formula is C49H56N2O2Si. The highest BCUT2D eigenvalue weighted by molar-refractivity contribution is 6.66. The summed E-state index contributed by atoms with van der Waals surface area (Å²) in [4.78, 5) is 4.77. The van der Waals surface area contributed by atoms with Crippen LogP contribution in [0, 0.1) is 41.5 Å². The molecule has 0 aliphatic carbocycles. The molecule has 0 unspecified atom stereocenters. The number of benzene rings is 6. The van der Waals surface area contributed by atoms with E-state index in [0.29, 0.717) is 13.2 Å². The first-order chi connectivity index (χ1) is 26.0. The smallest absolute Gasteiger partial charge is 0.335 e. The van der Waals surface area contributed by atoms with Gasteiger partial charge in [-0.15, -0.1) is 0 Å². The lowest BCUT2D eigenvalue weighted by molar-refractivity contribution is 0.189. The number of hydrogen-bond acceptors (Lipinski definition) is 4. The molecule has 0 fully saturated rings. The van der Waals surface area contributed by atoms with Crippen LogP contribution in [0.3, 0.4) is 0 Å². The van der Waals surface area contributed by atoms with Gasteiger partial charge in [0.05, 0.1) is 0 Å². The van der Waals surface area contributed by atoms with E-state index in [0.717, 1.165) is 35.2 Å². The normalized spacial score (nSPS) is 11.5. The maximum Gasteiger partial charge on any atom is 0.335 e. The van der Waals surface area contributed by atoms with Gasteiger partial charge in [-0.1, -0.05) is 54.6 Å². The topological polar surface area (TPSA) is 24.9 Å². The molecule has 5 heteroatoms. The quantitative estimate of drug-likeness (QED) is 0.104. The third kappa shape index (κ3) is 8.87. The predicted molar refractivity (Wildman–Crippen MR) is 233 cm³/mol. The van der Waals surface area contributed by atoms with E-state index < -0.39 is 8.56 Å². The molecule has 0 spiro atoms. The van der Waals surface area contributed by atoms with Crippen molar-refractivity contribution >= 4 is 42.7 Å². The summed E-state index contributed by atoms with van der Waals surface area (Å²) in [6, 6.07) is 47.9. The van der Waals surface area contributed by atoms with Crippen molar-refractivity contribution in [2.24, 2.45) is 0 Å². The summed E-state index contributed by atoms with van der Waals surface area (Å²) in [5, 5.41) is 0. The van der Waals surface area contributed by atoms with Crippen LogP contribution in [0.4, 0.5) is 34.1 Å². The average molecular weight is 733 g/mol. The lowest BCUT2D eigenvalue weighted by Crippen LogP contribution is -2.39. The Morgan fingerprint density at radius 1 is 0.463 bits per heavy atom. The zero-order valence-electron chi connectivity index (χ0n) is 33.7. The van der Waals surface area contributed by atoms with Crippen LogP contribution in [0.1, 0.15) is 52.8 Å². The molecule has 0 aromatic heterocycles. The molecule has 6 aromatic rings. The van der Waals surface area contributed by atoms with Crippen molar-refractivity contribution in [3.8, 4) is 11.1 Å². The van der Waals surface area contributed by atoms with Crippen LogP contribution in [0.2, 0.25) is 12.6 Å². The zero-order valence-corrected chi connectivity index (χ0v) is 34.7. The first-order valence-electron chi connectivity index (χ1n) is 19.4. The SMILES string of the molecule is CCO[Si](C)(CCc1ccc(N(c2cccc(C)c2)c2ccc(-c3ccc(N(c4cccc(C)c4)c4cccc(C)c4)c(C)c3)cc2C)cc1C)OCC. The van der Waals surface area contributed by atoms with Crippen molar-refractivity contribution in [1.29, 1.82) is 0 Å². The molecule has 0 aliphatic heterocycles. The third-order valence-electron chi connectivity index (χ3n) is 10.3. The fourth-order valence-corrected chi connectivity index (χ4v) is 9.90. The molecule has 0 amide bonds. The standard InChI is InChI=1S/C49H56N2O2Si/c1-10-52-54(9,53-11-2)28-27-41-21-24-47(34-38(41)6)51(46-20-14-17-37(5)31-46)49-26-23-43(33-40(49)8)42-22-25-48(39(7)32-42)50(44-18-12-15-35(3)29-44)45-19-13-16-36(4)30-45/h12-26,29-34H,10-11,27-28H2,1-9H3. The fraction of sp³-hybridized carbons (Fsp3) is 0.265. The highest BCUT2D eigenvalue weighted by atomic mass is 28.4. The second-order valence-electron chi connectivity index (χ2n) is 14.8. The first-order valence-corrected chi connectivity index (χ1v) is 21.9. The highest BCUT2D eigenvalue weighted by Crippen LogP contribution is 2.41. The van der Waals surface area contributed by atoms with Gasteiger partial charge in [0, 0.05) is 47.3 Å². The minimum atomic E-state index is -2.20. The summed E-state index contributed by atoms with van der Waals surface area (Å²) in [6.07, 6.45) is 0.943. The van der Waals surface area contributed by atoms with E-state index in [1.165, 1.54) is 61.4 Å². The van der Waals surface area contributed by atoms with E-state index in [1.807, 2.05) is 0 Å². The van der Waals surface area contributed by atoms with Crippen LogP contribution in [0.15, 0.2) is 127 Å². The van der Waals surface area contributed by atoms with E-state index >= 15 is 0 Å². The molecule has 0 radical (unpaired) electrons. The molecule has 278 valence electrons. The van der Waals surface area contributed by atoms with E-state index in [2.05, 4.69) is 199 Å². The summed E-state index contributed by atoms with van der Waals surface area (Å²) < 4.78 is 12.3. The van der Waals surface area contributed by atoms with Crippen molar-refractivity contribution < 1.29 is 8.85 Å². The average Bonchev–Trinajstić information content (AvgIpc) is 3.13. The predicted octanol–water partition coefficient (Wildman–Crippen LogP) is 13.8. The first kappa shape index (κ1) is 38.8. The summed E-state index contributed by atoms with van der Waals surface area (Å²) in [7, 11) is -2.20. The Balaban J connectivity index is 1.34. The lowest BCUT2D eigenvalue weighted by Gasteiger charge is -2.29. The summed E-state index contributed by atoms with van der Waals surface area (Å²) >= 11 is 0. The number of anilines is 6. The molecule has 4 nitrogen and oxygen atoms in total. The van der Waals surface area contributed by atoms with Gasteiger partial charge in [0.15, 0.2) is 0 Å². The van der Waals surface area contributed by atoms with Crippen LogP contribution in [0.25, 0.3) is 11.1 Å². The number of hydrogen-bond donors (Lipinski definition) is 0. The lowest BCUT2D eigenvalue weighted by atomic mass is 9.98. The van der Waals surface area contributed by atoms with Crippen molar-refractivity contribution in [3.05, 3.63) is 166 Å². The summed E-state index contributed by atoms with van der Waals surface area (Å²) in [5.41, 5.74) is 18.2. The van der Waals surface area contributed by atoms with Gasteiger partial charge in [-0.05, 0) is 197 Å². The molecular weight excluding hydrogens is 677 g/mol. The largest absolute Gasteiger partial charge is 0.395 e. The number of nitrogens with zero attached hydrogens (tertiary/aromatic N) is 2. The van der Waals surface area contributed by atoms with Crippen LogP contribution >= 0.6 is 0 Å². The van der Waals surface area contributed by atoms with Crippen molar-refractivity contribution in [3.63, 3.8) is 0 Å². The van der Waals surface area contributed by atoms with Crippen molar-refractivity contribution in [2.75, 3.05) is 23.0 Å². The van der Waals surface area contributed by atoms with Gasteiger partial charge in [0.1, 0.15) is 0 Å². The molecule has 6 aromatic carbocycles. The van der Waals surface area contributed by atoms with E-state index in [-0.39, 0.29) is 0 Å². The zero-order chi connectivity index (χ0) is 38.4. The summed E-state index contributed by atoms with van der Waals surface area (Å²) in [6.45, 7) is 20.8. The van der Waals surface area contributed by atoms with Gasteiger partial charge in [0.25, 0.3) is 0 Å². The Kier molecular flexibility index (Phi) is 12.2. The molecule has 0 aliphatic rings. The second kappa shape index (κ2) is 17.0. The molecule has 0 heterocycles. The van der Waals surface area contributed by atoms with E-state index in [1.54, 1.807) is 0 Å². The fourth-order valence-electron chi connectivity index (χ4n) is 7.59. The van der Waals surface area contributed by atoms with Crippen LogP contribution in [-0.4, -0.2) is 21.8 Å². The Hall–Kier alpha value is -4.94. The Morgan fingerprint density at radius 2 is 0.889 bits per heavy atom. The Bertz CT molecular complexity index is 2180. The van der Waals surface area contributed by atoms with Crippen LogP contribution in [-0.2, 0) is 15.3 Å². The van der Waals surface area contributed by atoms with Gasteiger partial charge in [-0.25, -0.2) is 0 Å². The van der Waals surface area contributed by atoms with Crippen molar-refractivity contribution in [2.45, 2.75) is 74.4 Å². The number of aryl methyl sites for hydroxylation is 7. The third-order valence-corrected chi connectivity index (χ3v) is 13.3. The monoisotopic (exact) mass is 732 g/mol. The molecule has 0 N–H and O–H groups in total. The Morgan fingerprint density at radius 3 is 1.26 bits per heavy atom. The second-order valence-corrected chi connectivity index (χ2v) is 18.1. The molecule has 0 atom stereocenters. The van der Waals surface area contributed by atoms with Gasteiger partial charge in [-0.3, -0.25) is 0 Å². The minimum Gasteiger partial charge on any atom is -0.395 e. The van der Waals surface area contributed by atoms with Gasteiger partial charge in [-0.2, -0.15) is 0 Å². The Labute approximate surface area is 325 Å². The van der Waals surface area contributed by atoms with E-state index in [4.69, 9.17) is 8.85 Å². The van der Waals surface area contributed by atoms with Crippen LogP contribution in [0.5, 0.6) is 0 Å². The van der Waals surface area contributed by atoms with Gasteiger partial charge >= 0.3 is 8.56 Å². The highest BCUT2D eigenvalue weighted by Gasteiger charge is 2.30. The summed E-state index contributed by atoms with van der Waals surface area (Å²) in [5.74, 6) is 0. The molecule has 54 heavy (non-hydrogen) atoms. The van der Waals surface area contributed by atoms with Gasteiger partial charge < -0.3 is 18.7 Å². The molecule has 0 bridgehead atoms. The van der Waals surface area contributed by atoms with E-state index in [9.17, 15) is 0 Å². The van der Waals surface area contributed by atoms with Crippen LogP contribution < -0.4 is 9.80 Å². The molecule has 0 saturated heterocycles. The maximum atomic E-state index is 6.15. The number of rotatable bonds is 14. The maximum absolute atomic E-state index is 6.15. The van der Waals surface area contributed by atoms with Gasteiger partial charge in [0.2, 0.25) is 0 Å². The van der Waals surface area contributed by atoms with Crippen molar-refractivity contribution in [1.82, 2.24) is 0 Å². The molecule has 6 rings (SSSR count).